The molecule has 34 heavy (non-hydrogen) atoms. The van der Waals surface area contributed by atoms with E-state index in [2.05, 4.69) is 108 Å². The highest BCUT2D eigenvalue weighted by Crippen LogP contribution is 2.35. The molecule has 0 radical (unpaired) electrons. The van der Waals surface area contributed by atoms with E-state index in [-0.39, 0.29) is 10.8 Å². The lowest BCUT2D eigenvalue weighted by molar-refractivity contribution is 0.311. The summed E-state index contributed by atoms with van der Waals surface area (Å²) in [6.45, 7) is 15.5. The van der Waals surface area contributed by atoms with Crippen LogP contribution in [0.25, 0.3) is 0 Å². The number of hydrogen-bond acceptors (Lipinski definition) is 3. The number of aryl methyl sites for hydroxylation is 1. The molecule has 0 amide bonds. The van der Waals surface area contributed by atoms with Gasteiger partial charge in [-0.1, -0.05) is 90.1 Å². The van der Waals surface area contributed by atoms with Gasteiger partial charge in [-0.3, -0.25) is 0 Å². The monoisotopic (exact) mass is 459 g/mol. The first-order chi connectivity index (χ1) is 16.1. The van der Waals surface area contributed by atoms with Gasteiger partial charge in [0, 0.05) is 18.3 Å². The van der Waals surface area contributed by atoms with Gasteiger partial charge in [-0.25, -0.2) is 0 Å². The van der Waals surface area contributed by atoms with Crippen molar-refractivity contribution in [2.45, 2.75) is 65.2 Å². The second-order valence-electron chi connectivity index (χ2n) is 11.0. The van der Waals surface area contributed by atoms with Crippen LogP contribution in [0, 0.1) is 0 Å². The molecule has 0 aliphatic heterocycles. The first-order valence-electron chi connectivity index (χ1n) is 12.4. The third-order valence-electron chi connectivity index (χ3n) is 5.90. The molecule has 0 spiro atoms. The quantitative estimate of drug-likeness (QED) is 0.314. The summed E-state index contributed by atoms with van der Waals surface area (Å²) in [7, 11) is 0. The van der Waals surface area contributed by atoms with Crippen LogP contribution in [0.15, 0.2) is 72.8 Å². The fourth-order valence-corrected chi connectivity index (χ4v) is 3.87. The van der Waals surface area contributed by atoms with Crippen LogP contribution in [0.3, 0.4) is 0 Å². The van der Waals surface area contributed by atoms with Crippen molar-refractivity contribution in [3.8, 4) is 11.5 Å². The number of rotatable bonds is 10. The fraction of sp³-hybridized carbons (Fsp3) is 0.419. The predicted octanol–water partition coefficient (Wildman–Crippen LogP) is 7.78. The topological polar surface area (TPSA) is 30.5 Å². The van der Waals surface area contributed by atoms with Crippen LogP contribution in [0.4, 0.5) is 5.69 Å². The van der Waals surface area contributed by atoms with Crippen LogP contribution in [0.5, 0.6) is 11.5 Å². The number of hydrogen-bond donors (Lipinski definition) is 1. The molecule has 3 aromatic rings. The molecule has 3 nitrogen and oxygen atoms in total. The Morgan fingerprint density at radius 2 is 1.47 bits per heavy atom. The zero-order valence-electron chi connectivity index (χ0n) is 21.8. The lowest BCUT2D eigenvalue weighted by Gasteiger charge is -2.27. The van der Waals surface area contributed by atoms with Crippen molar-refractivity contribution in [1.29, 1.82) is 0 Å². The second kappa shape index (κ2) is 11.5. The van der Waals surface area contributed by atoms with Gasteiger partial charge >= 0.3 is 0 Å². The highest BCUT2D eigenvalue weighted by molar-refractivity contribution is 5.48. The summed E-state index contributed by atoms with van der Waals surface area (Å²) >= 11 is 0. The lowest BCUT2D eigenvalue weighted by atomic mass is 9.80. The van der Waals surface area contributed by atoms with Gasteiger partial charge in [0.05, 0.1) is 6.61 Å². The summed E-state index contributed by atoms with van der Waals surface area (Å²) in [5, 5.41) is 3.46. The maximum Gasteiger partial charge on any atom is 0.123 e. The van der Waals surface area contributed by atoms with Crippen LogP contribution < -0.4 is 14.8 Å². The molecule has 0 aliphatic carbocycles. The molecular weight excluding hydrogens is 418 g/mol. The summed E-state index contributed by atoms with van der Waals surface area (Å²) in [6, 6.07) is 25.3. The Kier molecular flexibility index (Phi) is 8.66. The first-order valence-corrected chi connectivity index (χ1v) is 12.4. The minimum Gasteiger partial charge on any atom is -0.494 e. The number of anilines is 1. The van der Waals surface area contributed by atoms with Gasteiger partial charge < -0.3 is 14.8 Å². The maximum absolute atomic E-state index is 6.21. The molecule has 182 valence electrons. The van der Waals surface area contributed by atoms with E-state index in [0.29, 0.717) is 13.2 Å². The van der Waals surface area contributed by atoms with Crippen molar-refractivity contribution in [1.82, 2.24) is 0 Å². The van der Waals surface area contributed by atoms with E-state index < -0.39 is 0 Å². The second-order valence-corrected chi connectivity index (χ2v) is 11.0. The summed E-state index contributed by atoms with van der Waals surface area (Å²) in [4.78, 5) is 0. The Bertz CT molecular complexity index is 1030. The first kappa shape index (κ1) is 25.7. The van der Waals surface area contributed by atoms with Gasteiger partial charge in [-0.15, -0.1) is 0 Å². The summed E-state index contributed by atoms with van der Waals surface area (Å²) in [5.74, 6) is 1.87. The van der Waals surface area contributed by atoms with Crippen molar-refractivity contribution >= 4 is 5.69 Å². The zero-order chi connectivity index (χ0) is 24.6. The van der Waals surface area contributed by atoms with Crippen molar-refractivity contribution in [2.75, 3.05) is 25.1 Å². The average molecular weight is 460 g/mol. The Balaban J connectivity index is 1.48. The Morgan fingerprint density at radius 3 is 2.18 bits per heavy atom. The lowest BCUT2D eigenvalue weighted by Crippen LogP contribution is -2.19. The van der Waals surface area contributed by atoms with Crippen molar-refractivity contribution in [2.24, 2.45) is 0 Å². The minimum absolute atomic E-state index is 0.0240. The standard InChI is InChI=1S/C31H41NO2/c1-30(2,3)25-17-18-29(28(22-25)31(4,5)6)34-21-19-32-26-15-10-16-27(23-26)33-20-11-14-24-12-8-7-9-13-24/h7-10,12-13,15-18,22-23,32H,11,14,19-21H2,1-6H3. The van der Waals surface area contributed by atoms with Crippen LogP contribution >= 0.6 is 0 Å². The molecule has 0 fully saturated rings. The molecule has 0 saturated carbocycles. The van der Waals surface area contributed by atoms with Gasteiger partial charge in [0.1, 0.15) is 18.1 Å². The molecule has 0 heterocycles. The molecular formula is C31H41NO2. The van der Waals surface area contributed by atoms with E-state index >= 15 is 0 Å². The van der Waals surface area contributed by atoms with Gasteiger partial charge in [-0.2, -0.15) is 0 Å². The van der Waals surface area contributed by atoms with Crippen molar-refractivity contribution < 1.29 is 9.47 Å². The third-order valence-corrected chi connectivity index (χ3v) is 5.90. The van der Waals surface area contributed by atoms with Crippen molar-refractivity contribution in [3.63, 3.8) is 0 Å². The number of benzene rings is 3. The third kappa shape index (κ3) is 7.83. The predicted molar refractivity (Wildman–Crippen MR) is 145 cm³/mol. The zero-order valence-corrected chi connectivity index (χ0v) is 21.8. The number of ether oxygens (including phenoxy) is 2. The Morgan fingerprint density at radius 1 is 0.706 bits per heavy atom. The molecule has 0 saturated heterocycles. The van der Waals surface area contributed by atoms with E-state index in [9.17, 15) is 0 Å². The largest absolute Gasteiger partial charge is 0.494 e. The number of nitrogens with one attached hydrogen (secondary N) is 1. The summed E-state index contributed by atoms with van der Waals surface area (Å²) < 4.78 is 12.2. The minimum atomic E-state index is 0.0240. The van der Waals surface area contributed by atoms with Crippen LogP contribution in [0.1, 0.15) is 64.7 Å². The summed E-state index contributed by atoms with van der Waals surface area (Å²) in [6.07, 6.45) is 2.03. The molecule has 0 unspecified atom stereocenters. The highest BCUT2D eigenvalue weighted by atomic mass is 16.5. The molecule has 0 bridgehead atoms. The van der Waals surface area contributed by atoms with E-state index in [1.54, 1.807) is 0 Å². The molecule has 0 aromatic heterocycles. The molecule has 3 aromatic carbocycles. The van der Waals surface area contributed by atoms with E-state index in [0.717, 1.165) is 36.6 Å². The van der Waals surface area contributed by atoms with Crippen LogP contribution in [0.2, 0.25) is 0 Å². The summed E-state index contributed by atoms with van der Waals surface area (Å²) in [5.41, 5.74) is 5.13. The average Bonchev–Trinajstić information content (AvgIpc) is 2.79. The SMILES string of the molecule is CC(C)(C)c1ccc(OCCNc2cccc(OCCCc3ccccc3)c2)c(C(C)(C)C)c1. The van der Waals surface area contributed by atoms with Gasteiger partial charge in [0.25, 0.3) is 0 Å². The van der Waals surface area contributed by atoms with Gasteiger partial charge in [0.15, 0.2) is 0 Å². The maximum atomic E-state index is 6.21. The Labute approximate surface area is 206 Å². The smallest absolute Gasteiger partial charge is 0.123 e. The van der Waals surface area contributed by atoms with Crippen LogP contribution in [-0.4, -0.2) is 19.8 Å². The van der Waals surface area contributed by atoms with E-state index in [1.165, 1.54) is 16.7 Å². The Hall–Kier alpha value is -2.94. The van der Waals surface area contributed by atoms with E-state index in [4.69, 9.17) is 9.47 Å². The van der Waals surface area contributed by atoms with Crippen LogP contribution in [-0.2, 0) is 17.3 Å². The molecule has 0 aliphatic rings. The molecule has 3 rings (SSSR count). The highest BCUT2D eigenvalue weighted by Gasteiger charge is 2.23. The molecule has 0 atom stereocenters. The van der Waals surface area contributed by atoms with Gasteiger partial charge in [-0.05, 0) is 58.6 Å². The normalized spacial score (nSPS) is 11.8. The molecule has 3 heteroatoms. The molecule has 1 N–H and O–H groups in total. The van der Waals surface area contributed by atoms with E-state index in [1.807, 2.05) is 12.1 Å². The van der Waals surface area contributed by atoms with Crippen molar-refractivity contribution in [3.05, 3.63) is 89.5 Å². The van der Waals surface area contributed by atoms with Gasteiger partial charge in [0.2, 0.25) is 0 Å². The fourth-order valence-electron chi connectivity index (χ4n) is 3.87.